The molecule has 0 amide bonds. The molecular weight excluding hydrogens is 569 g/mol. The van der Waals surface area contributed by atoms with Gasteiger partial charge in [0.2, 0.25) is 0 Å². The molecule has 0 saturated carbocycles. The van der Waals surface area contributed by atoms with E-state index in [1.54, 1.807) is 14.2 Å². The Balaban J connectivity index is 6.39. The molecule has 0 radical (unpaired) electrons. The molecule has 0 rings (SSSR count). The lowest BCUT2D eigenvalue weighted by Crippen LogP contribution is -2.52. The third-order valence-electron chi connectivity index (χ3n) is 8.69. The smallest absolute Gasteiger partial charge is 0.192 e. The first-order chi connectivity index (χ1) is 19.3. The molecule has 0 heterocycles. The van der Waals surface area contributed by atoms with E-state index in [2.05, 4.69) is 67.7 Å². The molecular formula is C32H66O8Si2. The summed E-state index contributed by atoms with van der Waals surface area (Å²) in [6, 6.07) is 0. The lowest BCUT2D eigenvalue weighted by atomic mass is 9.97. The van der Waals surface area contributed by atoms with E-state index in [0.29, 0.717) is 25.7 Å². The van der Waals surface area contributed by atoms with Crippen LogP contribution in [0.3, 0.4) is 0 Å². The van der Waals surface area contributed by atoms with Gasteiger partial charge in [0.1, 0.15) is 25.8 Å². The van der Waals surface area contributed by atoms with E-state index in [1.807, 2.05) is 38.2 Å². The zero-order valence-electron chi connectivity index (χ0n) is 29.4. The summed E-state index contributed by atoms with van der Waals surface area (Å²) in [5.74, 6) is 0. The molecule has 0 aromatic rings. The lowest BCUT2D eigenvalue weighted by molar-refractivity contribution is -0.0999. The second-order valence-electron chi connectivity index (χ2n) is 14.2. The Bertz CT molecular complexity index is 709. The minimum atomic E-state index is -2.22. The fourth-order valence-electron chi connectivity index (χ4n) is 4.01. The largest absolute Gasteiger partial charge is 0.411 e. The quantitative estimate of drug-likeness (QED) is 0.0779. The second-order valence-corrected chi connectivity index (χ2v) is 23.8. The van der Waals surface area contributed by atoms with Gasteiger partial charge in [-0.05, 0) is 75.8 Å². The number of ether oxygens (including phenoxy) is 4. The second kappa shape index (κ2) is 19.2. The van der Waals surface area contributed by atoms with Gasteiger partial charge in [-0.15, -0.1) is 0 Å². The average Bonchev–Trinajstić information content (AvgIpc) is 2.87. The minimum absolute atomic E-state index is 0.00896. The molecule has 0 unspecified atom stereocenters. The number of hydrogen-bond donors (Lipinski definition) is 2. The molecule has 0 aliphatic carbocycles. The first kappa shape index (κ1) is 41.6. The number of allylic oxidation sites excluding steroid dienone is 2. The Hall–Kier alpha value is -0.406. The maximum Gasteiger partial charge on any atom is 0.192 e. The molecule has 0 spiro atoms. The third kappa shape index (κ3) is 14.6. The van der Waals surface area contributed by atoms with Crippen LogP contribution in [0.4, 0.5) is 0 Å². The summed E-state index contributed by atoms with van der Waals surface area (Å²) in [7, 11) is -1.30. The van der Waals surface area contributed by atoms with Crippen LogP contribution < -0.4 is 0 Å². The van der Waals surface area contributed by atoms with Crippen LogP contribution in [0.15, 0.2) is 24.3 Å². The van der Waals surface area contributed by atoms with Crippen LogP contribution in [0.2, 0.25) is 36.3 Å². The first-order valence-corrected chi connectivity index (χ1v) is 21.3. The summed E-state index contributed by atoms with van der Waals surface area (Å²) < 4.78 is 35.9. The van der Waals surface area contributed by atoms with Crippen LogP contribution in [0.25, 0.3) is 0 Å². The van der Waals surface area contributed by atoms with Crippen molar-refractivity contribution in [2.24, 2.45) is 0 Å². The van der Waals surface area contributed by atoms with Gasteiger partial charge in [0.25, 0.3) is 0 Å². The zero-order chi connectivity index (χ0) is 32.8. The molecule has 0 fully saturated rings. The van der Waals surface area contributed by atoms with Crippen molar-refractivity contribution in [3.8, 4) is 0 Å². The Kier molecular flexibility index (Phi) is 19.0. The fourth-order valence-corrected chi connectivity index (χ4v) is 6.77. The van der Waals surface area contributed by atoms with Gasteiger partial charge in [0.05, 0.1) is 24.4 Å². The number of aliphatic hydroxyl groups excluding tert-OH is 2. The molecule has 0 saturated heterocycles. The standard InChI is InChI=1S/C32H66O8Si2/c1-15-17-27(37-23-35-9)25(33)19-21-29(39-41(11,12)31(3,4)5)30(40-42(13,14)32(6,7)8)22-20-26(34)28(18-16-2)38-24-36-10/h15-18,25-30,33-34H,19-24H2,1-14H3/b17-15+,18-16+/t25-,26-,27-,28-,29+,30+/m0/s1. The molecule has 10 heteroatoms. The number of methoxy groups -OCH3 is 2. The Labute approximate surface area is 260 Å². The van der Waals surface area contributed by atoms with Gasteiger partial charge in [0, 0.05) is 14.2 Å². The maximum atomic E-state index is 11.2. The summed E-state index contributed by atoms with van der Waals surface area (Å²) in [4.78, 5) is 0. The molecule has 0 bridgehead atoms. The summed E-state index contributed by atoms with van der Waals surface area (Å²) >= 11 is 0. The fraction of sp³-hybridized carbons (Fsp3) is 0.875. The minimum Gasteiger partial charge on any atom is -0.411 e. The molecule has 250 valence electrons. The maximum absolute atomic E-state index is 11.2. The van der Waals surface area contributed by atoms with Crippen LogP contribution in [-0.2, 0) is 27.8 Å². The van der Waals surface area contributed by atoms with Gasteiger partial charge < -0.3 is 38.0 Å². The van der Waals surface area contributed by atoms with E-state index < -0.39 is 41.1 Å². The van der Waals surface area contributed by atoms with Gasteiger partial charge >= 0.3 is 0 Å². The lowest BCUT2D eigenvalue weighted by Gasteiger charge is -2.45. The Morgan fingerprint density at radius 1 is 0.595 bits per heavy atom. The third-order valence-corrected chi connectivity index (χ3v) is 17.7. The monoisotopic (exact) mass is 634 g/mol. The Morgan fingerprint density at radius 3 is 1.14 bits per heavy atom. The Morgan fingerprint density at radius 2 is 0.905 bits per heavy atom. The highest BCUT2D eigenvalue weighted by atomic mass is 28.4. The number of hydrogen-bond acceptors (Lipinski definition) is 8. The van der Waals surface area contributed by atoms with E-state index in [0.717, 1.165) is 0 Å². The first-order valence-electron chi connectivity index (χ1n) is 15.5. The topological polar surface area (TPSA) is 95.8 Å². The predicted molar refractivity (Wildman–Crippen MR) is 178 cm³/mol. The van der Waals surface area contributed by atoms with Gasteiger partial charge in [-0.3, -0.25) is 0 Å². The van der Waals surface area contributed by atoms with Gasteiger partial charge in [-0.25, -0.2) is 0 Å². The van der Waals surface area contributed by atoms with Crippen LogP contribution >= 0.6 is 0 Å². The van der Waals surface area contributed by atoms with Crippen molar-refractivity contribution in [2.75, 3.05) is 27.8 Å². The molecule has 0 aromatic carbocycles. The van der Waals surface area contributed by atoms with Crippen LogP contribution in [0.5, 0.6) is 0 Å². The van der Waals surface area contributed by atoms with Gasteiger partial charge in [-0.2, -0.15) is 0 Å². The van der Waals surface area contributed by atoms with E-state index >= 15 is 0 Å². The van der Waals surface area contributed by atoms with Gasteiger partial charge in [0.15, 0.2) is 16.6 Å². The van der Waals surface area contributed by atoms with Crippen molar-refractivity contribution in [3.05, 3.63) is 24.3 Å². The van der Waals surface area contributed by atoms with Crippen molar-refractivity contribution in [2.45, 2.75) is 154 Å². The SMILES string of the molecule is C/C=C/[C@H](OCOC)[C@@H](O)CC[C@@H](O[Si](C)(C)C(C)(C)C)[C@@H](CC[C@H](O)[C@H](/C=C/C)OCOC)O[Si](C)(C)C(C)(C)C. The van der Waals surface area contributed by atoms with E-state index in [4.69, 9.17) is 27.8 Å². The molecule has 6 atom stereocenters. The normalized spacial score (nSPS) is 18.4. The summed E-state index contributed by atoms with van der Waals surface area (Å²) in [6.45, 7) is 26.4. The summed E-state index contributed by atoms with van der Waals surface area (Å²) in [6.07, 6.45) is 6.62. The average molecular weight is 635 g/mol. The predicted octanol–water partition coefficient (Wildman–Crippen LogP) is 7.18. The summed E-state index contributed by atoms with van der Waals surface area (Å²) in [5.41, 5.74) is 0. The van der Waals surface area contributed by atoms with Crippen LogP contribution in [0, 0.1) is 0 Å². The van der Waals surface area contributed by atoms with Crippen LogP contribution in [-0.4, -0.2) is 91.3 Å². The van der Waals surface area contributed by atoms with Crippen molar-refractivity contribution in [1.82, 2.24) is 0 Å². The molecule has 0 aromatic heterocycles. The van der Waals surface area contributed by atoms with Crippen molar-refractivity contribution >= 4 is 16.6 Å². The molecule has 42 heavy (non-hydrogen) atoms. The highest BCUT2D eigenvalue weighted by molar-refractivity contribution is 6.74. The highest BCUT2D eigenvalue weighted by Crippen LogP contribution is 2.42. The van der Waals surface area contributed by atoms with E-state index in [9.17, 15) is 10.2 Å². The molecule has 8 nitrogen and oxygen atoms in total. The van der Waals surface area contributed by atoms with E-state index in [1.165, 1.54) is 0 Å². The van der Waals surface area contributed by atoms with Crippen molar-refractivity contribution < 1.29 is 38.0 Å². The molecule has 2 N–H and O–H groups in total. The highest BCUT2D eigenvalue weighted by Gasteiger charge is 2.45. The van der Waals surface area contributed by atoms with Crippen LogP contribution in [0.1, 0.15) is 81.1 Å². The number of rotatable bonds is 21. The van der Waals surface area contributed by atoms with E-state index in [-0.39, 0.29) is 35.9 Å². The molecule has 0 aliphatic rings. The van der Waals surface area contributed by atoms with Crippen molar-refractivity contribution in [3.63, 3.8) is 0 Å². The zero-order valence-corrected chi connectivity index (χ0v) is 31.4. The number of aliphatic hydroxyl groups is 2. The van der Waals surface area contributed by atoms with Gasteiger partial charge in [-0.1, -0.05) is 65.8 Å². The summed E-state index contributed by atoms with van der Waals surface area (Å²) in [5, 5.41) is 22.3. The van der Waals surface area contributed by atoms with Crippen molar-refractivity contribution in [1.29, 1.82) is 0 Å². The molecule has 0 aliphatic heterocycles.